The third kappa shape index (κ3) is 5.88. The van der Waals surface area contributed by atoms with Crippen molar-refractivity contribution in [1.82, 2.24) is 19.2 Å². The lowest BCUT2D eigenvalue weighted by Gasteiger charge is -2.35. The van der Waals surface area contributed by atoms with E-state index in [1.54, 1.807) is 23.1 Å². The van der Waals surface area contributed by atoms with E-state index < -0.39 is 0 Å². The fourth-order valence-electron chi connectivity index (χ4n) is 5.48. The Hall–Kier alpha value is -3.66. The summed E-state index contributed by atoms with van der Waals surface area (Å²) >= 11 is 5.95. The minimum Gasteiger partial charge on any atom is -0.378 e. The molecule has 8 nitrogen and oxygen atoms in total. The van der Waals surface area contributed by atoms with Gasteiger partial charge in [0.15, 0.2) is 5.65 Å². The summed E-state index contributed by atoms with van der Waals surface area (Å²) in [5.74, 6) is 0.262. The van der Waals surface area contributed by atoms with Crippen molar-refractivity contribution in [2.75, 3.05) is 69.2 Å². The lowest BCUT2D eigenvalue weighted by Crippen LogP contribution is -2.46. The van der Waals surface area contributed by atoms with Crippen molar-refractivity contribution >= 4 is 34.7 Å². The van der Waals surface area contributed by atoms with Gasteiger partial charge in [-0.3, -0.25) is 9.20 Å². The molecule has 0 bridgehead atoms. The summed E-state index contributed by atoms with van der Waals surface area (Å²) < 4.78 is 21.8. The number of ether oxygens (including phenoxy) is 1. The summed E-state index contributed by atoms with van der Waals surface area (Å²) in [7, 11) is 0. The second-order valence-corrected chi connectivity index (χ2v) is 10.8. The molecule has 1 amide bonds. The Kier molecular flexibility index (Phi) is 8.09. The normalized spacial score (nSPS) is 16.4. The van der Waals surface area contributed by atoms with E-state index in [9.17, 15) is 9.18 Å². The zero-order chi connectivity index (χ0) is 28.3. The number of hydrogen-bond acceptors (Lipinski definition) is 6. The number of likely N-dealkylation sites (N-methyl/N-ethyl adjacent to an activating group) is 1. The first-order valence-electron chi connectivity index (χ1n) is 14.1. The summed E-state index contributed by atoms with van der Waals surface area (Å²) in [6, 6.07) is 16.8. The summed E-state index contributed by atoms with van der Waals surface area (Å²) in [6.45, 7) is 9.80. The fourth-order valence-corrected chi connectivity index (χ4v) is 5.64. The number of nitrogens with one attached hydrogen (secondary N) is 1. The quantitative estimate of drug-likeness (QED) is 0.333. The van der Waals surface area contributed by atoms with Crippen molar-refractivity contribution in [2.24, 2.45) is 0 Å². The number of fused-ring (bicyclic) bond motifs is 1. The van der Waals surface area contributed by atoms with Crippen molar-refractivity contribution < 1.29 is 13.9 Å². The van der Waals surface area contributed by atoms with Crippen LogP contribution >= 0.6 is 11.6 Å². The van der Waals surface area contributed by atoms with E-state index in [0.29, 0.717) is 53.9 Å². The molecular formula is C31H34ClFN6O2. The molecule has 0 radical (unpaired) electrons. The van der Waals surface area contributed by atoms with Crippen molar-refractivity contribution in [3.63, 3.8) is 0 Å². The predicted molar refractivity (Wildman–Crippen MR) is 160 cm³/mol. The smallest absolute Gasteiger partial charge is 0.257 e. The first kappa shape index (κ1) is 27.5. The molecule has 1 N–H and O–H groups in total. The van der Waals surface area contributed by atoms with Crippen molar-refractivity contribution in [3.8, 4) is 11.3 Å². The van der Waals surface area contributed by atoms with Crippen LogP contribution in [0.15, 0.2) is 60.8 Å². The van der Waals surface area contributed by atoms with Crippen LogP contribution in [0.1, 0.15) is 22.8 Å². The SMILES string of the molecule is CCN1CCN(c2ccc(-c3cc(NCc4ccc(Cl)cc4F)n4ccc(C(=O)N5CCOCC5)c4n3)cc2)CC1. The Morgan fingerprint density at radius 3 is 2.46 bits per heavy atom. The predicted octanol–water partition coefficient (Wildman–Crippen LogP) is 5.02. The van der Waals surface area contributed by atoms with Gasteiger partial charge in [0.05, 0.1) is 24.5 Å². The van der Waals surface area contributed by atoms with Crippen LogP contribution in [0.4, 0.5) is 15.9 Å². The second kappa shape index (κ2) is 12.1. The van der Waals surface area contributed by atoms with E-state index >= 15 is 0 Å². The van der Waals surface area contributed by atoms with Crippen LogP contribution in [0.2, 0.25) is 5.02 Å². The number of piperazine rings is 1. The third-order valence-corrected chi connectivity index (χ3v) is 8.21. The van der Waals surface area contributed by atoms with Gasteiger partial charge in [-0.1, -0.05) is 36.7 Å². The van der Waals surface area contributed by atoms with Crippen LogP contribution in [-0.2, 0) is 11.3 Å². The van der Waals surface area contributed by atoms with Gasteiger partial charge in [-0.2, -0.15) is 0 Å². The van der Waals surface area contributed by atoms with E-state index in [2.05, 4.69) is 46.3 Å². The molecule has 10 heteroatoms. The Labute approximate surface area is 244 Å². The molecule has 2 aliphatic heterocycles. The number of nitrogens with zero attached hydrogens (tertiary/aromatic N) is 5. The second-order valence-electron chi connectivity index (χ2n) is 10.4. The van der Waals surface area contributed by atoms with Gasteiger partial charge in [-0.15, -0.1) is 0 Å². The Morgan fingerprint density at radius 2 is 1.76 bits per heavy atom. The number of morpholine rings is 1. The van der Waals surface area contributed by atoms with Gasteiger partial charge in [0.1, 0.15) is 11.6 Å². The molecule has 0 spiro atoms. The molecule has 0 unspecified atom stereocenters. The number of rotatable bonds is 7. The lowest BCUT2D eigenvalue weighted by atomic mass is 10.1. The molecule has 0 aliphatic carbocycles. The molecule has 2 aromatic carbocycles. The summed E-state index contributed by atoms with van der Waals surface area (Å²) in [5.41, 5.74) is 4.43. The van der Waals surface area contributed by atoms with E-state index in [4.69, 9.17) is 21.3 Å². The Balaban J connectivity index is 1.33. The van der Waals surface area contributed by atoms with E-state index in [1.165, 1.54) is 11.8 Å². The van der Waals surface area contributed by atoms with Crippen molar-refractivity contribution in [2.45, 2.75) is 13.5 Å². The van der Waals surface area contributed by atoms with Crippen LogP contribution in [0.25, 0.3) is 16.9 Å². The van der Waals surface area contributed by atoms with Crippen LogP contribution in [0.5, 0.6) is 0 Å². The molecule has 4 heterocycles. The molecule has 0 saturated carbocycles. The Morgan fingerprint density at radius 1 is 1.00 bits per heavy atom. The first-order chi connectivity index (χ1) is 20.0. The molecule has 2 aliphatic rings. The number of hydrogen-bond donors (Lipinski definition) is 1. The number of benzene rings is 2. The minimum absolute atomic E-state index is 0.0725. The average Bonchev–Trinajstić information content (AvgIpc) is 3.45. The molecule has 4 aromatic rings. The monoisotopic (exact) mass is 576 g/mol. The Bertz CT molecular complexity index is 1530. The minimum atomic E-state index is -0.374. The number of aromatic nitrogens is 2. The average molecular weight is 577 g/mol. The van der Waals surface area contributed by atoms with E-state index in [1.807, 2.05) is 16.7 Å². The van der Waals surface area contributed by atoms with Crippen LogP contribution < -0.4 is 10.2 Å². The number of carbonyl (C=O) groups is 1. The summed E-state index contributed by atoms with van der Waals surface area (Å²) in [5, 5.41) is 3.71. The fraction of sp³-hybridized carbons (Fsp3) is 0.355. The third-order valence-electron chi connectivity index (χ3n) is 7.97. The first-order valence-corrected chi connectivity index (χ1v) is 14.5. The molecule has 2 aromatic heterocycles. The number of amides is 1. The van der Waals surface area contributed by atoms with Gasteiger partial charge in [-0.25, -0.2) is 9.37 Å². The largest absolute Gasteiger partial charge is 0.378 e. The molecule has 214 valence electrons. The highest BCUT2D eigenvalue weighted by Crippen LogP contribution is 2.28. The van der Waals surface area contributed by atoms with Gasteiger partial charge in [0, 0.05) is 79.9 Å². The lowest BCUT2D eigenvalue weighted by molar-refractivity contribution is 0.0304. The molecule has 6 rings (SSSR count). The van der Waals surface area contributed by atoms with Crippen LogP contribution in [-0.4, -0.2) is 84.1 Å². The zero-order valence-electron chi connectivity index (χ0n) is 23.2. The molecule has 0 atom stereocenters. The molecule has 41 heavy (non-hydrogen) atoms. The van der Waals surface area contributed by atoms with Gasteiger partial charge >= 0.3 is 0 Å². The van der Waals surface area contributed by atoms with E-state index in [0.717, 1.165) is 44.0 Å². The summed E-state index contributed by atoms with van der Waals surface area (Å²) in [6.07, 6.45) is 1.83. The zero-order valence-corrected chi connectivity index (χ0v) is 23.9. The maximum Gasteiger partial charge on any atom is 0.257 e. The molecule has 2 fully saturated rings. The maximum absolute atomic E-state index is 14.5. The summed E-state index contributed by atoms with van der Waals surface area (Å²) in [4.78, 5) is 25.1. The van der Waals surface area contributed by atoms with Gasteiger partial charge in [0.25, 0.3) is 5.91 Å². The number of halogens is 2. The van der Waals surface area contributed by atoms with Crippen LogP contribution in [0.3, 0.4) is 0 Å². The number of anilines is 2. The van der Waals surface area contributed by atoms with Crippen LogP contribution in [0, 0.1) is 5.82 Å². The van der Waals surface area contributed by atoms with Crippen molar-refractivity contribution in [1.29, 1.82) is 0 Å². The highest BCUT2D eigenvalue weighted by molar-refractivity contribution is 6.30. The topological polar surface area (TPSA) is 65.3 Å². The molecular weight excluding hydrogens is 543 g/mol. The van der Waals surface area contributed by atoms with Crippen molar-refractivity contribution in [3.05, 3.63) is 82.8 Å². The maximum atomic E-state index is 14.5. The number of carbonyl (C=O) groups excluding carboxylic acids is 1. The van der Waals surface area contributed by atoms with Gasteiger partial charge in [0.2, 0.25) is 0 Å². The molecule has 2 saturated heterocycles. The highest BCUT2D eigenvalue weighted by Gasteiger charge is 2.23. The highest BCUT2D eigenvalue weighted by atomic mass is 35.5. The van der Waals surface area contributed by atoms with Gasteiger partial charge in [-0.05, 0) is 36.9 Å². The van der Waals surface area contributed by atoms with E-state index in [-0.39, 0.29) is 18.3 Å². The van der Waals surface area contributed by atoms with Gasteiger partial charge < -0.3 is 24.8 Å². The standard InChI is InChI=1S/C31H34ClFN6O2/c1-2-36-11-13-37(14-12-36)25-7-4-22(5-8-25)28-20-29(34-21-23-3-6-24(32)19-27(23)33)39-10-9-26(30(39)35-28)31(40)38-15-17-41-18-16-38/h3-10,19-20,34H,2,11-18,21H2,1H3.